The van der Waals surface area contributed by atoms with E-state index in [1.54, 1.807) is 13.0 Å². The van der Waals surface area contributed by atoms with Crippen LogP contribution in [0.5, 0.6) is 0 Å². The number of hydrogen-bond acceptors (Lipinski definition) is 7. The molecule has 0 unspecified atom stereocenters. The van der Waals surface area contributed by atoms with Crippen LogP contribution in [0.4, 0.5) is 5.69 Å². The standard InChI is InChI=1S/C22H26N4O5S/c1-13(2)20-24-22(31-25-20)16-9-7-8-14(3)19(16)23-21(27)17-12-18(15(4)30-17)32(28,29)26-10-5-6-11-26/h7-9,12-13H,5-6,10-11H2,1-4H3,(H,23,27). The highest BCUT2D eigenvalue weighted by Crippen LogP contribution is 2.32. The van der Waals surface area contributed by atoms with E-state index in [1.807, 2.05) is 32.9 Å². The summed E-state index contributed by atoms with van der Waals surface area (Å²) in [7, 11) is -3.69. The fourth-order valence-electron chi connectivity index (χ4n) is 3.67. The van der Waals surface area contributed by atoms with Gasteiger partial charge < -0.3 is 14.3 Å². The van der Waals surface area contributed by atoms with Crippen LogP contribution in [-0.2, 0) is 10.0 Å². The summed E-state index contributed by atoms with van der Waals surface area (Å²) in [5.74, 6) is 0.499. The van der Waals surface area contributed by atoms with Crippen molar-refractivity contribution in [2.24, 2.45) is 0 Å². The van der Waals surface area contributed by atoms with Crippen LogP contribution in [0.1, 0.15) is 60.3 Å². The molecule has 2 aromatic heterocycles. The van der Waals surface area contributed by atoms with Crippen molar-refractivity contribution in [2.45, 2.75) is 51.3 Å². The molecule has 3 aromatic rings. The first-order valence-corrected chi connectivity index (χ1v) is 12.0. The Morgan fingerprint density at radius 3 is 2.56 bits per heavy atom. The molecule has 1 aromatic carbocycles. The minimum atomic E-state index is -3.69. The number of sulfonamides is 1. The highest BCUT2D eigenvalue weighted by atomic mass is 32.2. The third kappa shape index (κ3) is 4.07. The minimum absolute atomic E-state index is 0.0213. The lowest BCUT2D eigenvalue weighted by Crippen LogP contribution is -2.28. The summed E-state index contributed by atoms with van der Waals surface area (Å²) in [5, 5.41) is 6.82. The Bertz CT molecular complexity index is 1250. The number of nitrogens with zero attached hydrogens (tertiary/aromatic N) is 3. The van der Waals surface area contributed by atoms with Crippen LogP contribution in [0.25, 0.3) is 11.5 Å². The van der Waals surface area contributed by atoms with Crippen molar-refractivity contribution in [1.82, 2.24) is 14.4 Å². The molecule has 170 valence electrons. The van der Waals surface area contributed by atoms with Crippen LogP contribution in [-0.4, -0.2) is 41.9 Å². The summed E-state index contributed by atoms with van der Waals surface area (Å²) in [5.41, 5.74) is 1.86. The van der Waals surface area contributed by atoms with Crippen molar-refractivity contribution in [3.05, 3.63) is 47.2 Å². The molecule has 1 aliphatic heterocycles. The summed E-state index contributed by atoms with van der Waals surface area (Å²) < 4.78 is 38.2. The van der Waals surface area contributed by atoms with Crippen LogP contribution in [0, 0.1) is 13.8 Å². The van der Waals surface area contributed by atoms with Gasteiger partial charge in [-0.05, 0) is 38.3 Å². The van der Waals surface area contributed by atoms with Gasteiger partial charge in [-0.2, -0.15) is 9.29 Å². The summed E-state index contributed by atoms with van der Waals surface area (Å²) in [6, 6.07) is 6.74. The van der Waals surface area contributed by atoms with E-state index >= 15 is 0 Å². The topological polar surface area (TPSA) is 119 Å². The molecule has 3 heterocycles. The molecule has 0 saturated carbocycles. The number of carbonyl (C=O) groups is 1. The minimum Gasteiger partial charge on any atom is -0.455 e. The first-order chi connectivity index (χ1) is 15.2. The zero-order valence-corrected chi connectivity index (χ0v) is 19.3. The monoisotopic (exact) mass is 458 g/mol. The molecular formula is C22H26N4O5S. The van der Waals surface area contributed by atoms with Gasteiger partial charge in [0.2, 0.25) is 10.0 Å². The molecule has 1 N–H and O–H groups in total. The molecule has 0 bridgehead atoms. The Hall–Kier alpha value is -2.98. The van der Waals surface area contributed by atoms with Gasteiger partial charge in [0.25, 0.3) is 11.8 Å². The second kappa shape index (κ2) is 8.51. The van der Waals surface area contributed by atoms with Gasteiger partial charge in [0.05, 0.1) is 11.3 Å². The number of para-hydroxylation sites is 1. The number of aromatic nitrogens is 2. The molecule has 4 rings (SSSR count). The van der Waals surface area contributed by atoms with E-state index in [0.717, 1.165) is 18.4 Å². The van der Waals surface area contributed by atoms with E-state index in [2.05, 4.69) is 15.5 Å². The second-order valence-electron chi connectivity index (χ2n) is 8.21. The molecule has 0 aliphatic carbocycles. The van der Waals surface area contributed by atoms with Crippen LogP contribution < -0.4 is 5.32 Å². The van der Waals surface area contributed by atoms with Gasteiger partial charge >= 0.3 is 0 Å². The zero-order chi connectivity index (χ0) is 23.0. The normalized spacial score (nSPS) is 14.9. The Morgan fingerprint density at radius 1 is 1.19 bits per heavy atom. The fraction of sp³-hybridized carbons (Fsp3) is 0.409. The summed E-state index contributed by atoms with van der Waals surface area (Å²) in [6.07, 6.45) is 1.65. The fourth-order valence-corrected chi connectivity index (χ4v) is 5.34. The van der Waals surface area contributed by atoms with Gasteiger partial charge in [-0.3, -0.25) is 4.79 Å². The van der Waals surface area contributed by atoms with Crippen molar-refractivity contribution in [3.8, 4) is 11.5 Å². The van der Waals surface area contributed by atoms with Crippen molar-refractivity contribution in [1.29, 1.82) is 0 Å². The number of amides is 1. The largest absolute Gasteiger partial charge is 0.455 e. The molecule has 0 radical (unpaired) electrons. The van der Waals surface area contributed by atoms with Crippen molar-refractivity contribution in [3.63, 3.8) is 0 Å². The number of anilines is 1. The first kappa shape index (κ1) is 22.2. The number of benzene rings is 1. The van der Waals surface area contributed by atoms with Crippen molar-refractivity contribution < 1.29 is 22.2 Å². The highest BCUT2D eigenvalue weighted by Gasteiger charge is 2.32. The Balaban J connectivity index is 1.64. The molecule has 1 aliphatic rings. The van der Waals surface area contributed by atoms with Gasteiger partial charge in [-0.25, -0.2) is 8.42 Å². The van der Waals surface area contributed by atoms with E-state index in [9.17, 15) is 13.2 Å². The molecule has 1 saturated heterocycles. The zero-order valence-electron chi connectivity index (χ0n) is 18.5. The van der Waals surface area contributed by atoms with Gasteiger partial charge in [-0.15, -0.1) is 0 Å². The van der Waals surface area contributed by atoms with Gasteiger partial charge in [0.15, 0.2) is 11.6 Å². The third-order valence-corrected chi connectivity index (χ3v) is 7.48. The van der Waals surface area contributed by atoms with Crippen LogP contribution in [0.3, 0.4) is 0 Å². The van der Waals surface area contributed by atoms with Gasteiger partial charge in [0.1, 0.15) is 10.7 Å². The maximum atomic E-state index is 13.0. The first-order valence-electron chi connectivity index (χ1n) is 10.5. The average molecular weight is 459 g/mol. The number of aryl methyl sites for hydroxylation is 2. The van der Waals surface area contributed by atoms with Gasteiger partial charge in [0, 0.05) is 25.1 Å². The van der Waals surface area contributed by atoms with E-state index in [-0.39, 0.29) is 22.3 Å². The lowest BCUT2D eigenvalue weighted by Gasteiger charge is -2.14. The molecule has 0 atom stereocenters. The highest BCUT2D eigenvalue weighted by molar-refractivity contribution is 7.89. The smallest absolute Gasteiger partial charge is 0.291 e. The van der Waals surface area contributed by atoms with E-state index in [4.69, 9.17) is 8.94 Å². The van der Waals surface area contributed by atoms with Crippen LogP contribution >= 0.6 is 0 Å². The Labute approximate surface area is 186 Å². The predicted molar refractivity (Wildman–Crippen MR) is 118 cm³/mol. The summed E-state index contributed by atoms with van der Waals surface area (Å²) in [6.45, 7) is 8.26. The number of furan rings is 1. The van der Waals surface area contributed by atoms with Crippen LogP contribution in [0.15, 0.2) is 38.1 Å². The predicted octanol–water partition coefficient (Wildman–Crippen LogP) is 4.11. The molecule has 1 fully saturated rings. The molecule has 10 heteroatoms. The number of carbonyl (C=O) groups excluding carboxylic acids is 1. The Kier molecular flexibility index (Phi) is 5.91. The molecular weight excluding hydrogens is 432 g/mol. The molecule has 9 nitrogen and oxygen atoms in total. The van der Waals surface area contributed by atoms with Crippen molar-refractivity contribution >= 4 is 21.6 Å². The quantitative estimate of drug-likeness (QED) is 0.590. The lowest BCUT2D eigenvalue weighted by atomic mass is 10.1. The Morgan fingerprint density at radius 2 is 1.91 bits per heavy atom. The van der Waals surface area contributed by atoms with Crippen molar-refractivity contribution in [2.75, 3.05) is 18.4 Å². The number of nitrogens with one attached hydrogen (secondary N) is 1. The molecule has 32 heavy (non-hydrogen) atoms. The van der Waals surface area contributed by atoms with E-state index in [1.165, 1.54) is 10.4 Å². The maximum Gasteiger partial charge on any atom is 0.291 e. The average Bonchev–Trinajstić information content (AvgIpc) is 3.50. The number of rotatable bonds is 6. The number of hydrogen-bond donors (Lipinski definition) is 1. The molecule has 1 amide bonds. The SMILES string of the molecule is Cc1cccc(-c2nc(C(C)C)no2)c1NC(=O)c1cc(S(=O)(=O)N2CCCC2)c(C)o1. The lowest BCUT2D eigenvalue weighted by molar-refractivity contribution is 0.0995. The van der Waals surface area contributed by atoms with Crippen LogP contribution in [0.2, 0.25) is 0 Å². The second-order valence-corrected chi connectivity index (χ2v) is 10.1. The summed E-state index contributed by atoms with van der Waals surface area (Å²) in [4.78, 5) is 17.4. The summed E-state index contributed by atoms with van der Waals surface area (Å²) >= 11 is 0. The third-order valence-electron chi connectivity index (χ3n) is 5.48. The van der Waals surface area contributed by atoms with E-state index in [0.29, 0.717) is 36.1 Å². The van der Waals surface area contributed by atoms with E-state index < -0.39 is 15.9 Å². The van der Waals surface area contributed by atoms with Gasteiger partial charge in [-0.1, -0.05) is 31.1 Å². The molecule has 0 spiro atoms. The maximum absolute atomic E-state index is 13.0.